The lowest BCUT2D eigenvalue weighted by Crippen LogP contribution is -2.35. The number of carbonyl (C=O) groups excluding carboxylic acids is 1. The Morgan fingerprint density at radius 2 is 2.17 bits per heavy atom. The van der Waals surface area contributed by atoms with Crippen molar-refractivity contribution in [1.82, 2.24) is 0 Å². The van der Waals surface area contributed by atoms with Gasteiger partial charge in [-0.05, 0) is 12.8 Å². The number of Topliss-reactive ketones (excluding diaryl/α,β-unsaturated/α-hetero) is 1. The molecule has 0 aromatic rings. The number of rotatable bonds is 6. The second kappa shape index (κ2) is 6.14. The minimum absolute atomic E-state index is 0.0804. The van der Waals surface area contributed by atoms with Gasteiger partial charge < -0.3 is 10.5 Å². The zero-order valence-corrected chi connectivity index (χ0v) is 8.17. The zero-order valence-electron chi connectivity index (χ0n) is 8.17. The SMILES string of the molecule is CCC(C)C(=O)C(N)CCOC. The van der Waals surface area contributed by atoms with Crippen LogP contribution in [0.3, 0.4) is 0 Å². The van der Waals surface area contributed by atoms with E-state index in [0.29, 0.717) is 13.0 Å². The highest BCUT2D eigenvalue weighted by atomic mass is 16.5. The summed E-state index contributed by atoms with van der Waals surface area (Å²) in [6.07, 6.45) is 1.49. The van der Waals surface area contributed by atoms with E-state index >= 15 is 0 Å². The van der Waals surface area contributed by atoms with Crippen LogP contribution in [-0.4, -0.2) is 25.5 Å². The van der Waals surface area contributed by atoms with Gasteiger partial charge in [-0.1, -0.05) is 13.8 Å². The second-order valence-electron chi connectivity index (χ2n) is 3.10. The van der Waals surface area contributed by atoms with Crippen molar-refractivity contribution in [2.75, 3.05) is 13.7 Å². The van der Waals surface area contributed by atoms with Gasteiger partial charge in [-0.25, -0.2) is 0 Å². The number of methoxy groups -OCH3 is 1. The Hall–Kier alpha value is -0.410. The molecule has 2 N–H and O–H groups in total. The van der Waals surface area contributed by atoms with E-state index in [1.54, 1.807) is 7.11 Å². The van der Waals surface area contributed by atoms with Crippen LogP contribution in [0.15, 0.2) is 0 Å². The second-order valence-corrected chi connectivity index (χ2v) is 3.10. The van der Waals surface area contributed by atoms with Gasteiger partial charge in [-0.2, -0.15) is 0 Å². The largest absolute Gasteiger partial charge is 0.385 e. The summed E-state index contributed by atoms with van der Waals surface area (Å²) in [7, 11) is 1.61. The highest BCUT2D eigenvalue weighted by molar-refractivity contribution is 5.85. The highest BCUT2D eigenvalue weighted by Crippen LogP contribution is 2.06. The lowest BCUT2D eigenvalue weighted by atomic mass is 9.96. The number of ketones is 1. The molecule has 0 amide bonds. The quantitative estimate of drug-likeness (QED) is 0.651. The van der Waals surface area contributed by atoms with E-state index in [4.69, 9.17) is 10.5 Å². The molecule has 0 bridgehead atoms. The first kappa shape index (κ1) is 11.6. The van der Waals surface area contributed by atoms with Crippen molar-refractivity contribution in [3.8, 4) is 0 Å². The standard InChI is InChI=1S/C9H19NO2/c1-4-7(2)9(11)8(10)5-6-12-3/h7-8H,4-6,10H2,1-3H3. The molecule has 0 aliphatic rings. The summed E-state index contributed by atoms with van der Waals surface area (Å²) in [6.45, 7) is 4.46. The zero-order chi connectivity index (χ0) is 9.56. The van der Waals surface area contributed by atoms with Gasteiger partial charge in [0.2, 0.25) is 0 Å². The van der Waals surface area contributed by atoms with Gasteiger partial charge in [0.25, 0.3) is 0 Å². The molecule has 72 valence electrons. The third-order valence-electron chi connectivity index (χ3n) is 2.10. The van der Waals surface area contributed by atoms with Gasteiger partial charge in [0, 0.05) is 19.6 Å². The van der Waals surface area contributed by atoms with E-state index < -0.39 is 0 Å². The molecule has 0 aromatic carbocycles. The first-order valence-electron chi connectivity index (χ1n) is 4.41. The Balaban J connectivity index is 3.75. The predicted octanol–water partition coefficient (Wildman–Crippen LogP) is 0.965. The molecule has 0 spiro atoms. The number of hydrogen-bond donors (Lipinski definition) is 1. The lowest BCUT2D eigenvalue weighted by molar-refractivity contribution is -0.124. The van der Waals surface area contributed by atoms with Crippen LogP contribution in [0.5, 0.6) is 0 Å². The lowest BCUT2D eigenvalue weighted by Gasteiger charge is -2.13. The molecule has 0 aliphatic carbocycles. The van der Waals surface area contributed by atoms with E-state index in [0.717, 1.165) is 6.42 Å². The normalized spacial score (nSPS) is 15.7. The molecule has 0 aliphatic heterocycles. The fourth-order valence-corrected chi connectivity index (χ4v) is 0.954. The van der Waals surface area contributed by atoms with Crippen LogP contribution < -0.4 is 5.73 Å². The van der Waals surface area contributed by atoms with Crippen molar-refractivity contribution < 1.29 is 9.53 Å². The molecule has 3 heteroatoms. The third-order valence-corrected chi connectivity index (χ3v) is 2.10. The van der Waals surface area contributed by atoms with E-state index in [-0.39, 0.29) is 17.7 Å². The Morgan fingerprint density at radius 3 is 2.58 bits per heavy atom. The minimum atomic E-state index is -0.347. The van der Waals surface area contributed by atoms with E-state index in [2.05, 4.69) is 0 Å². The van der Waals surface area contributed by atoms with Crippen molar-refractivity contribution in [2.24, 2.45) is 11.7 Å². The molecule has 0 fully saturated rings. The molecule has 12 heavy (non-hydrogen) atoms. The van der Waals surface area contributed by atoms with E-state index in [1.807, 2.05) is 13.8 Å². The van der Waals surface area contributed by atoms with Gasteiger partial charge in [0.1, 0.15) is 0 Å². The van der Waals surface area contributed by atoms with Gasteiger partial charge >= 0.3 is 0 Å². The fourth-order valence-electron chi connectivity index (χ4n) is 0.954. The molecule has 0 saturated heterocycles. The molecule has 0 radical (unpaired) electrons. The Bertz CT molecular complexity index is 136. The summed E-state index contributed by atoms with van der Waals surface area (Å²) < 4.78 is 4.84. The monoisotopic (exact) mass is 173 g/mol. The van der Waals surface area contributed by atoms with Crippen LogP contribution in [0.2, 0.25) is 0 Å². The molecule has 3 nitrogen and oxygen atoms in total. The minimum Gasteiger partial charge on any atom is -0.385 e. The Kier molecular flexibility index (Phi) is 5.93. The number of nitrogens with two attached hydrogens (primary N) is 1. The van der Waals surface area contributed by atoms with E-state index in [1.165, 1.54) is 0 Å². The smallest absolute Gasteiger partial charge is 0.152 e. The number of carbonyl (C=O) groups is 1. The highest BCUT2D eigenvalue weighted by Gasteiger charge is 2.18. The molecule has 0 rings (SSSR count). The molecular formula is C9H19NO2. The number of ether oxygens (including phenoxy) is 1. The first-order chi connectivity index (χ1) is 5.63. The van der Waals surface area contributed by atoms with Crippen molar-refractivity contribution in [3.05, 3.63) is 0 Å². The van der Waals surface area contributed by atoms with Crippen LogP contribution in [0.1, 0.15) is 26.7 Å². The maximum Gasteiger partial charge on any atom is 0.152 e. The summed E-state index contributed by atoms with van der Waals surface area (Å²) in [5.74, 6) is 0.228. The molecular weight excluding hydrogens is 154 g/mol. The van der Waals surface area contributed by atoms with Gasteiger partial charge in [0.15, 0.2) is 5.78 Å². The molecule has 2 atom stereocenters. The Labute approximate surface area is 74.3 Å². The average molecular weight is 173 g/mol. The molecule has 2 unspecified atom stereocenters. The predicted molar refractivity (Wildman–Crippen MR) is 48.9 cm³/mol. The summed E-state index contributed by atoms with van der Waals surface area (Å²) in [4.78, 5) is 11.4. The van der Waals surface area contributed by atoms with Crippen molar-refractivity contribution in [1.29, 1.82) is 0 Å². The van der Waals surface area contributed by atoms with Crippen LogP contribution in [-0.2, 0) is 9.53 Å². The van der Waals surface area contributed by atoms with Gasteiger partial charge in [-0.15, -0.1) is 0 Å². The van der Waals surface area contributed by atoms with Gasteiger partial charge in [-0.3, -0.25) is 4.79 Å². The molecule has 0 saturated carbocycles. The summed E-state index contributed by atoms with van der Waals surface area (Å²) in [5.41, 5.74) is 5.65. The summed E-state index contributed by atoms with van der Waals surface area (Å²) in [5, 5.41) is 0. The maximum atomic E-state index is 11.4. The summed E-state index contributed by atoms with van der Waals surface area (Å²) in [6, 6.07) is -0.347. The average Bonchev–Trinajstić information content (AvgIpc) is 2.11. The van der Waals surface area contributed by atoms with Crippen LogP contribution in [0.4, 0.5) is 0 Å². The summed E-state index contributed by atoms with van der Waals surface area (Å²) >= 11 is 0. The first-order valence-corrected chi connectivity index (χ1v) is 4.41. The van der Waals surface area contributed by atoms with Crippen LogP contribution in [0, 0.1) is 5.92 Å². The van der Waals surface area contributed by atoms with Gasteiger partial charge in [0.05, 0.1) is 6.04 Å². The van der Waals surface area contributed by atoms with Crippen LogP contribution in [0.25, 0.3) is 0 Å². The number of hydrogen-bond acceptors (Lipinski definition) is 3. The van der Waals surface area contributed by atoms with Crippen molar-refractivity contribution >= 4 is 5.78 Å². The maximum absolute atomic E-state index is 11.4. The fraction of sp³-hybridized carbons (Fsp3) is 0.889. The van der Waals surface area contributed by atoms with Crippen molar-refractivity contribution in [3.63, 3.8) is 0 Å². The molecule has 0 heterocycles. The topological polar surface area (TPSA) is 52.3 Å². The molecule has 0 aromatic heterocycles. The third kappa shape index (κ3) is 3.83. The Morgan fingerprint density at radius 1 is 1.58 bits per heavy atom. The van der Waals surface area contributed by atoms with E-state index in [9.17, 15) is 4.79 Å². The van der Waals surface area contributed by atoms with Crippen LogP contribution >= 0.6 is 0 Å². The van der Waals surface area contributed by atoms with Crippen molar-refractivity contribution in [2.45, 2.75) is 32.7 Å².